The van der Waals surface area contributed by atoms with E-state index in [-0.39, 0.29) is 11.6 Å². The van der Waals surface area contributed by atoms with E-state index in [4.69, 9.17) is 0 Å². The first-order valence-corrected chi connectivity index (χ1v) is 20.1. The summed E-state index contributed by atoms with van der Waals surface area (Å²) in [6.07, 6.45) is 8.02. The Kier molecular flexibility index (Phi) is 8.62. The highest BCUT2D eigenvalue weighted by atomic mass is 32.3. The van der Waals surface area contributed by atoms with Crippen LogP contribution in [0, 0.1) is 0 Å². The van der Waals surface area contributed by atoms with Crippen LogP contribution in [-0.2, 0) is 9.59 Å². The first-order chi connectivity index (χ1) is 15.5. The monoisotopic (exact) mass is 644 g/mol. The predicted molar refractivity (Wildman–Crippen MR) is 167 cm³/mol. The second-order valence-corrected chi connectivity index (χ2v) is 19.4. The number of hydrogen-bond donors (Lipinski definition) is 0. The lowest BCUT2D eigenvalue weighted by molar-refractivity contribution is -0.114. The highest BCUT2D eigenvalue weighted by Gasteiger charge is 2.42. The van der Waals surface area contributed by atoms with Gasteiger partial charge in [-0.1, -0.05) is 94.1 Å². The first kappa shape index (κ1) is 25.6. The van der Waals surface area contributed by atoms with E-state index in [9.17, 15) is 9.59 Å². The molecule has 168 valence electrons. The molecule has 14 heteroatoms. The summed E-state index contributed by atoms with van der Waals surface area (Å²) in [4.78, 5) is 28.4. The van der Waals surface area contributed by atoms with Gasteiger partial charge in [-0.05, 0) is 25.0 Å². The minimum atomic E-state index is 0.00537. The largest absolute Gasteiger partial charge is 0.287 e. The molecule has 0 saturated heterocycles. The van der Waals surface area contributed by atoms with Crippen LogP contribution in [0.15, 0.2) is 53.5 Å². The van der Waals surface area contributed by atoms with E-state index in [0.717, 1.165) is 4.24 Å². The van der Waals surface area contributed by atoms with Gasteiger partial charge in [0.05, 0.1) is 53.5 Å². The number of thioether (sulfide) groups is 12. The van der Waals surface area contributed by atoms with Crippen molar-refractivity contribution in [1.29, 1.82) is 0 Å². The standard InChI is InChI=1S/C18H12O2S12/c1-21-7-5(19)9-10(6(20)8(7)22-2)26-13(25-9)14-29-17-18(30-14)32-16(31-17)15-27-11(23-3)12(24-4)28-15/h1-4H3. The van der Waals surface area contributed by atoms with Crippen LogP contribution in [0.2, 0.25) is 0 Å². The lowest BCUT2D eigenvalue weighted by Crippen LogP contribution is -2.17. The van der Waals surface area contributed by atoms with E-state index < -0.39 is 0 Å². The summed E-state index contributed by atoms with van der Waals surface area (Å²) in [5.41, 5.74) is 0. The summed E-state index contributed by atoms with van der Waals surface area (Å²) in [6.45, 7) is 0. The third kappa shape index (κ3) is 4.57. The summed E-state index contributed by atoms with van der Waals surface area (Å²) in [7, 11) is 0. The van der Waals surface area contributed by atoms with Crippen LogP contribution in [0.4, 0.5) is 0 Å². The summed E-state index contributed by atoms with van der Waals surface area (Å²) in [5, 5.41) is 0. The van der Waals surface area contributed by atoms with Crippen LogP contribution in [0.5, 0.6) is 0 Å². The number of carbonyl (C=O) groups is 2. The Hall–Kier alpha value is 1.98. The average Bonchev–Trinajstić information content (AvgIpc) is 3.55. The lowest BCUT2D eigenvalue weighted by atomic mass is 10.1. The van der Waals surface area contributed by atoms with Gasteiger partial charge in [0.2, 0.25) is 11.6 Å². The molecule has 2 nitrogen and oxygen atoms in total. The topological polar surface area (TPSA) is 34.1 Å². The summed E-state index contributed by atoms with van der Waals surface area (Å²) in [6, 6.07) is 0. The Morgan fingerprint density at radius 2 is 0.750 bits per heavy atom. The van der Waals surface area contributed by atoms with Gasteiger partial charge >= 0.3 is 0 Å². The summed E-state index contributed by atoms with van der Waals surface area (Å²) < 4.78 is 10.5. The minimum absolute atomic E-state index is 0.00537. The number of ketones is 2. The molecule has 1 aliphatic carbocycles. The van der Waals surface area contributed by atoms with E-state index >= 15 is 0 Å². The van der Waals surface area contributed by atoms with Gasteiger partial charge in [-0.3, -0.25) is 9.59 Å². The summed E-state index contributed by atoms with van der Waals surface area (Å²) >= 11 is 20.5. The third-order valence-electron chi connectivity index (χ3n) is 4.18. The Morgan fingerprint density at radius 1 is 0.438 bits per heavy atom. The smallest absolute Gasteiger partial charge is 0.208 e. The van der Waals surface area contributed by atoms with Crippen molar-refractivity contribution < 1.29 is 9.59 Å². The lowest BCUT2D eigenvalue weighted by Gasteiger charge is -2.15. The second kappa shape index (κ2) is 10.8. The highest BCUT2D eigenvalue weighted by molar-refractivity contribution is 8.50. The molecule has 32 heavy (non-hydrogen) atoms. The molecule has 0 aromatic carbocycles. The molecular formula is C18H12O2S12. The van der Waals surface area contributed by atoms with Crippen molar-refractivity contribution >= 4 is 153 Å². The number of carbonyl (C=O) groups excluding carboxylic acids is 2. The Balaban J connectivity index is 1.30. The molecule has 0 amide bonds. The van der Waals surface area contributed by atoms with Crippen LogP contribution in [-0.4, -0.2) is 36.6 Å². The molecule has 0 radical (unpaired) electrons. The number of rotatable bonds is 4. The van der Waals surface area contributed by atoms with Crippen molar-refractivity contribution in [3.63, 3.8) is 0 Å². The third-order valence-corrected chi connectivity index (χ3v) is 20.4. The van der Waals surface area contributed by atoms with Gasteiger partial charge in [-0.2, -0.15) is 0 Å². The van der Waals surface area contributed by atoms with Gasteiger partial charge < -0.3 is 0 Å². The number of hydrogen-bond acceptors (Lipinski definition) is 14. The molecule has 0 bridgehead atoms. The van der Waals surface area contributed by atoms with E-state index in [2.05, 4.69) is 12.5 Å². The Morgan fingerprint density at radius 3 is 1.06 bits per heavy atom. The highest BCUT2D eigenvalue weighted by Crippen LogP contribution is 2.72. The molecule has 0 fully saturated rings. The first-order valence-electron chi connectivity index (χ1n) is 8.62. The summed E-state index contributed by atoms with van der Waals surface area (Å²) in [5.74, 6) is 0.0107. The van der Waals surface area contributed by atoms with Crippen LogP contribution in [0.3, 0.4) is 0 Å². The minimum Gasteiger partial charge on any atom is -0.287 e. The maximum atomic E-state index is 13.0. The number of allylic oxidation sites excluding steroid dienone is 4. The van der Waals surface area contributed by atoms with E-state index in [1.807, 2.05) is 83.1 Å². The van der Waals surface area contributed by atoms with Gasteiger partial charge in [0.1, 0.15) is 0 Å². The zero-order valence-corrected chi connectivity index (χ0v) is 26.5. The second-order valence-electron chi connectivity index (χ2n) is 5.91. The van der Waals surface area contributed by atoms with Crippen LogP contribution in [0.25, 0.3) is 0 Å². The number of Topliss-reactive ketones (excluding diaryl/α,β-unsaturated/α-hetero) is 2. The van der Waals surface area contributed by atoms with Crippen molar-refractivity contribution in [3.05, 3.63) is 53.5 Å². The average molecular weight is 645 g/mol. The van der Waals surface area contributed by atoms with Crippen molar-refractivity contribution in [2.75, 3.05) is 25.0 Å². The molecule has 0 saturated carbocycles. The zero-order chi connectivity index (χ0) is 22.6. The fraction of sp³-hybridized carbons (Fsp3) is 0.222. The maximum absolute atomic E-state index is 13.0. The molecule has 4 heterocycles. The van der Waals surface area contributed by atoms with Gasteiger partial charge in [-0.25, -0.2) is 0 Å². The molecule has 0 aromatic rings. The predicted octanol–water partition coefficient (Wildman–Crippen LogP) is 9.44. The molecule has 0 unspecified atom stereocenters. The maximum Gasteiger partial charge on any atom is 0.208 e. The van der Waals surface area contributed by atoms with E-state index in [0.29, 0.717) is 19.6 Å². The van der Waals surface area contributed by atoms with E-state index in [1.165, 1.54) is 76.7 Å². The van der Waals surface area contributed by atoms with E-state index in [1.54, 1.807) is 23.5 Å². The molecule has 0 aromatic heterocycles. The van der Waals surface area contributed by atoms with Gasteiger partial charge in [0.25, 0.3) is 0 Å². The van der Waals surface area contributed by atoms with Crippen LogP contribution < -0.4 is 0 Å². The van der Waals surface area contributed by atoms with Crippen molar-refractivity contribution in [2.45, 2.75) is 0 Å². The SMILES string of the molecule is CSC1=C(SC)SC(=C2SC3=C(S2)SC(=C2SC4=C(S2)C(=O)C(SC)=C(SC)C4=O)S3)S1. The Labute approximate surface area is 238 Å². The van der Waals surface area contributed by atoms with Crippen LogP contribution in [0.1, 0.15) is 0 Å². The molecular weight excluding hydrogens is 633 g/mol. The fourth-order valence-electron chi connectivity index (χ4n) is 2.82. The Bertz CT molecular complexity index is 1070. The molecule has 0 spiro atoms. The van der Waals surface area contributed by atoms with Crippen molar-refractivity contribution in [2.24, 2.45) is 0 Å². The van der Waals surface area contributed by atoms with Crippen molar-refractivity contribution in [3.8, 4) is 0 Å². The van der Waals surface area contributed by atoms with Gasteiger partial charge in [0, 0.05) is 0 Å². The van der Waals surface area contributed by atoms with Crippen molar-refractivity contribution in [1.82, 2.24) is 0 Å². The quantitative estimate of drug-likeness (QED) is 0.272. The van der Waals surface area contributed by atoms with Gasteiger partial charge in [-0.15, -0.1) is 47.0 Å². The van der Waals surface area contributed by atoms with Crippen LogP contribution >= 0.6 is 141 Å². The normalized spacial score (nSPS) is 23.8. The molecule has 5 aliphatic rings. The molecule has 0 N–H and O–H groups in total. The molecule has 4 aliphatic heterocycles. The fourth-order valence-corrected chi connectivity index (χ4v) is 19.1. The molecule has 0 atom stereocenters. The molecule has 5 rings (SSSR count). The van der Waals surface area contributed by atoms with Gasteiger partial charge in [0.15, 0.2) is 0 Å². The zero-order valence-electron chi connectivity index (χ0n) is 16.7.